The highest BCUT2D eigenvalue weighted by molar-refractivity contribution is 5.88. The molecule has 0 aromatic heterocycles. The van der Waals surface area contributed by atoms with Crippen LogP contribution in [0.1, 0.15) is 13.8 Å². The lowest BCUT2D eigenvalue weighted by Gasteiger charge is -2.04. The monoisotopic (exact) mass is 125 g/mol. The third-order valence-electron chi connectivity index (χ3n) is 1.06. The van der Waals surface area contributed by atoms with E-state index in [2.05, 4.69) is 5.92 Å². The Hall–Kier alpha value is -0.810. The maximum atomic E-state index is 10.8. The Balaban J connectivity index is 3.92. The van der Waals surface area contributed by atoms with Gasteiger partial charge in [-0.2, -0.15) is 0 Å². The van der Waals surface area contributed by atoms with Crippen LogP contribution in [0.4, 0.5) is 0 Å². The zero-order chi connectivity index (χ0) is 7.44. The Kier molecular flexibility index (Phi) is 2.97. The van der Waals surface area contributed by atoms with Crippen LogP contribution in [-0.2, 0) is 4.79 Å². The predicted octanol–water partition coefficient (Wildman–Crippen LogP) is 0.172. The Labute approximate surface area is 55.4 Å². The molecule has 0 aliphatic heterocycles. The first-order valence-electron chi connectivity index (χ1n) is 2.85. The molecule has 1 atom stereocenters. The molecule has 0 saturated heterocycles. The Bertz CT molecular complexity index is 143. The Morgan fingerprint density at radius 3 is 2.22 bits per heavy atom. The SMILES string of the molecule is C#C[C@@H](N)C(=O)C(C)C. The van der Waals surface area contributed by atoms with Crippen molar-refractivity contribution in [2.75, 3.05) is 0 Å². The van der Waals surface area contributed by atoms with Crippen LogP contribution < -0.4 is 5.73 Å². The molecule has 0 aliphatic carbocycles. The van der Waals surface area contributed by atoms with Crippen molar-refractivity contribution < 1.29 is 4.79 Å². The molecule has 0 amide bonds. The second kappa shape index (κ2) is 3.26. The molecule has 2 N–H and O–H groups in total. The number of terminal acetylenes is 1. The molecule has 0 unspecified atom stereocenters. The minimum absolute atomic E-state index is 0.0592. The molecular formula is C7H11NO. The molecule has 0 aliphatic rings. The summed E-state index contributed by atoms with van der Waals surface area (Å²) in [6.07, 6.45) is 4.91. The molecule has 50 valence electrons. The minimum atomic E-state index is -0.718. The number of hydrogen-bond acceptors (Lipinski definition) is 2. The summed E-state index contributed by atoms with van der Waals surface area (Å²) in [5.74, 6) is 2.04. The van der Waals surface area contributed by atoms with Gasteiger partial charge in [0.2, 0.25) is 0 Å². The van der Waals surface area contributed by atoms with Gasteiger partial charge in [0.25, 0.3) is 0 Å². The maximum Gasteiger partial charge on any atom is 0.164 e. The van der Waals surface area contributed by atoms with Gasteiger partial charge < -0.3 is 5.73 Å². The van der Waals surface area contributed by atoms with E-state index in [1.54, 1.807) is 13.8 Å². The highest BCUT2D eigenvalue weighted by atomic mass is 16.1. The van der Waals surface area contributed by atoms with Crippen molar-refractivity contribution in [2.24, 2.45) is 11.7 Å². The van der Waals surface area contributed by atoms with E-state index in [9.17, 15) is 4.79 Å². The molecule has 2 nitrogen and oxygen atoms in total. The maximum absolute atomic E-state index is 10.8. The van der Waals surface area contributed by atoms with Gasteiger partial charge in [0.05, 0.1) is 0 Å². The Morgan fingerprint density at radius 2 is 2.11 bits per heavy atom. The number of carbonyl (C=O) groups excluding carboxylic acids is 1. The molecule has 0 saturated carbocycles. The average Bonchev–Trinajstić information content (AvgIpc) is 1.84. The topological polar surface area (TPSA) is 43.1 Å². The summed E-state index contributed by atoms with van der Waals surface area (Å²) in [4.78, 5) is 10.8. The molecule has 0 radical (unpaired) electrons. The standard InChI is InChI=1S/C7H11NO/c1-4-6(8)7(9)5(2)3/h1,5-6H,8H2,2-3H3/t6-/m1/s1. The molecule has 0 bridgehead atoms. The van der Waals surface area contributed by atoms with Crippen LogP contribution in [0.3, 0.4) is 0 Å². The molecule has 0 heterocycles. The van der Waals surface area contributed by atoms with Gasteiger partial charge in [-0.05, 0) is 0 Å². The smallest absolute Gasteiger partial charge is 0.164 e. The summed E-state index contributed by atoms with van der Waals surface area (Å²) < 4.78 is 0. The molecule has 0 aromatic carbocycles. The summed E-state index contributed by atoms with van der Waals surface area (Å²) in [5, 5.41) is 0. The zero-order valence-corrected chi connectivity index (χ0v) is 5.72. The van der Waals surface area contributed by atoms with Crippen LogP contribution in [0.5, 0.6) is 0 Å². The minimum Gasteiger partial charge on any atom is -0.312 e. The van der Waals surface area contributed by atoms with Crippen molar-refractivity contribution in [2.45, 2.75) is 19.9 Å². The molecule has 0 aromatic rings. The third kappa shape index (κ3) is 2.29. The van der Waals surface area contributed by atoms with Crippen molar-refractivity contribution >= 4 is 5.78 Å². The largest absolute Gasteiger partial charge is 0.312 e. The highest BCUT2D eigenvalue weighted by Crippen LogP contribution is 1.95. The van der Waals surface area contributed by atoms with E-state index >= 15 is 0 Å². The van der Waals surface area contributed by atoms with E-state index in [1.165, 1.54) is 0 Å². The van der Waals surface area contributed by atoms with Gasteiger partial charge in [-0.1, -0.05) is 19.8 Å². The highest BCUT2D eigenvalue weighted by Gasteiger charge is 2.13. The number of ketones is 1. The average molecular weight is 125 g/mol. The molecule has 0 rings (SSSR count). The quantitative estimate of drug-likeness (QED) is 0.535. The molecule has 0 fully saturated rings. The first-order valence-corrected chi connectivity index (χ1v) is 2.85. The van der Waals surface area contributed by atoms with E-state index in [0.717, 1.165) is 0 Å². The lowest BCUT2D eigenvalue weighted by molar-refractivity contribution is -0.121. The summed E-state index contributed by atoms with van der Waals surface area (Å²) in [6, 6.07) is -0.718. The van der Waals surface area contributed by atoms with Crippen molar-refractivity contribution in [1.29, 1.82) is 0 Å². The summed E-state index contributed by atoms with van der Waals surface area (Å²) in [7, 11) is 0. The second-order valence-electron chi connectivity index (χ2n) is 2.20. The van der Waals surface area contributed by atoms with E-state index in [1.807, 2.05) is 0 Å². The summed E-state index contributed by atoms with van der Waals surface area (Å²) >= 11 is 0. The van der Waals surface area contributed by atoms with Gasteiger partial charge in [0.15, 0.2) is 5.78 Å². The first kappa shape index (κ1) is 8.19. The molecule has 0 spiro atoms. The van der Waals surface area contributed by atoms with Crippen LogP contribution in [0.25, 0.3) is 0 Å². The fraction of sp³-hybridized carbons (Fsp3) is 0.571. The Morgan fingerprint density at radius 1 is 1.67 bits per heavy atom. The van der Waals surface area contributed by atoms with Gasteiger partial charge >= 0.3 is 0 Å². The number of carbonyl (C=O) groups is 1. The molecular weight excluding hydrogens is 114 g/mol. The van der Waals surface area contributed by atoms with E-state index in [-0.39, 0.29) is 11.7 Å². The van der Waals surface area contributed by atoms with Crippen LogP contribution >= 0.6 is 0 Å². The van der Waals surface area contributed by atoms with Crippen molar-refractivity contribution in [3.8, 4) is 12.3 Å². The number of rotatable bonds is 2. The van der Waals surface area contributed by atoms with Gasteiger partial charge in [0.1, 0.15) is 6.04 Å². The van der Waals surface area contributed by atoms with Gasteiger partial charge in [-0.25, -0.2) is 0 Å². The third-order valence-corrected chi connectivity index (χ3v) is 1.06. The van der Waals surface area contributed by atoms with Crippen LogP contribution in [0, 0.1) is 18.3 Å². The van der Waals surface area contributed by atoms with E-state index in [4.69, 9.17) is 12.2 Å². The van der Waals surface area contributed by atoms with Crippen molar-refractivity contribution in [1.82, 2.24) is 0 Å². The fourth-order valence-electron chi connectivity index (χ4n) is 0.441. The van der Waals surface area contributed by atoms with Crippen LogP contribution in [0.2, 0.25) is 0 Å². The molecule has 9 heavy (non-hydrogen) atoms. The number of Topliss-reactive ketones (excluding diaryl/α,β-unsaturated/α-hetero) is 1. The van der Waals surface area contributed by atoms with Gasteiger partial charge in [0, 0.05) is 5.92 Å². The summed E-state index contributed by atoms with van der Waals surface area (Å²) in [6.45, 7) is 3.55. The number of hydrogen-bond donors (Lipinski definition) is 1. The van der Waals surface area contributed by atoms with E-state index < -0.39 is 6.04 Å². The number of nitrogens with two attached hydrogens (primary N) is 1. The molecule has 2 heteroatoms. The normalized spacial score (nSPS) is 12.8. The van der Waals surface area contributed by atoms with Gasteiger partial charge in [-0.3, -0.25) is 4.79 Å². The van der Waals surface area contributed by atoms with Crippen molar-refractivity contribution in [3.05, 3.63) is 0 Å². The lowest BCUT2D eigenvalue weighted by Crippen LogP contribution is -2.31. The van der Waals surface area contributed by atoms with Crippen molar-refractivity contribution in [3.63, 3.8) is 0 Å². The van der Waals surface area contributed by atoms with Crippen LogP contribution in [-0.4, -0.2) is 11.8 Å². The first-order chi connectivity index (χ1) is 4.09. The second-order valence-corrected chi connectivity index (χ2v) is 2.20. The van der Waals surface area contributed by atoms with Crippen LogP contribution in [0.15, 0.2) is 0 Å². The fourth-order valence-corrected chi connectivity index (χ4v) is 0.441. The van der Waals surface area contributed by atoms with Gasteiger partial charge in [-0.15, -0.1) is 6.42 Å². The zero-order valence-electron chi connectivity index (χ0n) is 5.72. The lowest BCUT2D eigenvalue weighted by atomic mass is 10.0. The predicted molar refractivity (Wildman–Crippen MR) is 36.7 cm³/mol. The van der Waals surface area contributed by atoms with E-state index in [0.29, 0.717) is 0 Å². The summed E-state index contributed by atoms with van der Waals surface area (Å²) in [5.41, 5.74) is 5.23.